The molecule has 0 fully saturated rings. The number of carbonyl (C=O) groups excluding carboxylic acids is 1. The molecule has 7 nitrogen and oxygen atoms in total. The molecule has 10 heteroatoms. The number of halogens is 2. The van der Waals surface area contributed by atoms with Crippen molar-refractivity contribution in [1.82, 2.24) is 0 Å². The molecule has 0 radical (unpaired) electrons. The van der Waals surface area contributed by atoms with Crippen molar-refractivity contribution in [3.63, 3.8) is 0 Å². The fourth-order valence-corrected chi connectivity index (χ4v) is 3.30. The van der Waals surface area contributed by atoms with E-state index in [2.05, 4.69) is 10.0 Å². The SMILES string of the molecule is CCOCCOC(C)C(=O)Nc1ccc(NS(=O)(=O)c2ccc(F)c(F)c2)cc1. The molecule has 0 aromatic heterocycles. The smallest absolute Gasteiger partial charge is 0.261 e. The molecule has 0 heterocycles. The van der Waals surface area contributed by atoms with E-state index < -0.39 is 32.7 Å². The lowest BCUT2D eigenvalue weighted by Crippen LogP contribution is -2.28. The zero-order chi connectivity index (χ0) is 21.4. The van der Waals surface area contributed by atoms with E-state index in [9.17, 15) is 22.0 Å². The summed E-state index contributed by atoms with van der Waals surface area (Å²) in [6.07, 6.45) is -0.693. The molecular formula is C19H22F2N2O5S. The Kier molecular flexibility index (Phi) is 8.06. The number of benzene rings is 2. The Morgan fingerprint density at radius 1 is 1.03 bits per heavy atom. The number of ether oxygens (including phenoxy) is 2. The highest BCUT2D eigenvalue weighted by atomic mass is 32.2. The van der Waals surface area contributed by atoms with Crippen molar-refractivity contribution in [1.29, 1.82) is 0 Å². The normalized spacial score (nSPS) is 12.4. The van der Waals surface area contributed by atoms with E-state index >= 15 is 0 Å². The number of rotatable bonds is 10. The maximum Gasteiger partial charge on any atom is 0.261 e. The van der Waals surface area contributed by atoms with Crippen LogP contribution in [-0.2, 0) is 24.3 Å². The number of anilines is 2. The molecule has 0 bridgehead atoms. The van der Waals surface area contributed by atoms with Gasteiger partial charge in [0.25, 0.3) is 15.9 Å². The number of hydrogen-bond acceptors (Lipinski definition) is 5. The first-order valence-corrected chi connectivity index (χ1v) is 10.3. The summed E-state index contributed by atoms with van der Waals surface area (Å²) in [5.41, 5.74) is 0.625. The summed E-state index contributed by atoms with van der Waals surface area (Å²) < 4.78 is 63.5. The van der Waals surface area contributed by atoms with Gasteiger partial charge in [-0.25, -0.2) is 17.2 Å². The largest absolute Gasteiger partial charge is 0.379 e. The molecule has 0 saturated heterocycles. The Hall–Kier alpha value is -2.56. The lowest BCUT2D eigenvalue weighted by molar-refractivity contribution is -0.127. The molecule has 1 atom stereocenters. The van der Waals surface area contributed by atoms with E-state index in [1.165, 1.54) is 24.3 Å². The Labute approximate surface area is 168 Å². The minimum absolute atomic E-state index is 0.189. The van der Waals surface area contributed by atoms with Gasteiger partial charge >= 0.3 is 0 Å². The molecule has 2 aromatic rings. The maximum atomic E-state index is 13.3. The van der Waals surface area contributed by atoms with Crippen LogP contribution in [0.15, 0.2) is 47.4 Å². The number of sulfonamides is 1. The van der Waals surface area contributed by atoms with Crippen LogP contribution < -0.4 is 10.0 Å². The monoisotopic (exact) mass is 428 g/mol. The predicted molar refractivity (Wildman–Crippen MR) is 104 cm³/mol. The van der Waals surface area contributed by atoms with Crippen LogP contribution in [0.4, 0.5) is 20.2 Å². The first kappa shape index (κ1) is 22.7. The van der Waals surface area contributed by atoms with Crippen molar-refractivity contribution in [2.75, 3.05) is 29.9 Å². The second-order valence-electron chi connectivity index (χ2n) is 5.96. The zero-order valence-corrected chi connectivity index (χ0v) is 16.8. The minimum Gasteiger partial charge on any atom is -0.379 e. The summed E-state index contributed by atoms with van der Waals surface area (Å²) in [5.74, 6) is -2.76. The summed E-state index contributed by atoms with van der Waals surface area (Å²) >= 11 is 0. The van der Waals surface area contributed by atoms with Crippen LogP contribution in [0.1, 0.15) is 13.8 Å². The van der Waals surface area contributed by atoms with E-state index in [0.29, 0.717) is 25.0 Å². The number of nitrogens with one attached hydrogen (secondary N) is 2. The van der Waals surface area contributed by atoms with E-state index in [1.54, 1.807) is 6.92 Å². The predicted octanol–water partition coefficient (Wildman–Crippen LogP) is 3.15. The zero-order valence-electron chi connectivity index (χ0n) is 15.9. The minimum atomic E-state index is -4.09. The van der Waals surface area contributed by atoms with Crippen molar-refractivity contribution in [3.8, 4) is 0 Å². The first-order chi connectivity index (χ1) is 13.7. The van der Waals surface area contributed by atoms with Crippen LogP contribution in [0.25, 0.3) is 0 Å². The second-order valence-corrected chi connectivity index (χ2v) is 7.64. The van der Waals surface area contributed by atoms with Gasteiger partial charge in [-0.05, 0) is 56.3 Å². The molecule has 2 rings (SSSR count). The van der Waals surface area contributed by atoms with Crippen molar-refractivity contribution >= 4 is 27.3 Å². The Morgan fingerprint density at radius 2 is 1.69 bits per heavy atom. The van der Waals surface area contributed by atoms with Crippen molar-refractivity contribution in [3.05, 3.63) is 54.1 Å². The number of amides is 1. The van der Waals surface area contributed by atoms with Crippen LogP contribution in [0.5, 0.6) is 0 Å². The highest BCUT2D eigenvalue weighted by Crippen LogP contribution is 2.20. The van der Waals surface area contributed by atoms with Gasteiger partial charge < -0.3 is 14.8 Å². The average molecular weight is 428 g/mol. The molecule has 0 spiro atoms. The molecule has 2 aromatic carbocycles. The molecule has 2 N–H and O–H groups in total. The van der Waals surface area contributed by atoms with Crippen LogP contribution >= 0.6 is 0 Å². The molecule has 0 saturated carbocycles. The van der Waals surface area contributed by atoms with Gasteiger partial charge in [-0.2, -0.15) is 0 Å². The van der Waals surface area contributed by atoms with Gasteiger partial charge in [0.2, 0.25) is 0 Å². The van der Waals surface area contributed by atoms with Crippen molar-refractivity contribution in [2.45, 2.75) is 24.8 Å². The van der Waals surface area contributed by atoms with Crippen LogP contribution in [0, 0.1) is 11.6 Å². The van der Waals surface area contributed by atoms with Crippen LogP contribution in [0.2, 0.25) is 0 Å². The molecule has 1 unspecified atom stereocenters. The molecule has 1 amide bonds. The number of carbonyl (C=O) groups is 1. The van der Waals surface area contributed by atoms with Gasteiger partial charge in [0.05, 0.1) is 18.1 Å². The first-order valence-electron chi connectivity index (χ1n) is 8.81. The molecule has 0 aliphatic heterocycles. The summed E-state index contributed by atoms with van der Waals surface area (Å²) in [4.78, 5) is 11.7. The van der Waals surface area contributed by atoms with Gasteiger partial charge in [-0.1, -0.05) is 0 Å². The van der Waals surface area contributed by atoms with Crippen molar-refractivity contribution in [2.24, 2.45) is 0 Å². The quantitative estimate of drug-likeness (QED) is 0.567. The molecule has 0 aliphatic rings. The van der Waals surface area contributed by atoms with Gasteiger partial charge in [0, 0.05) is 18.0 Å². The third-order valence-corrected chi connectivity index (χ3v) is 5.15. The lowest BCUT2D eigenvalue weighted by atomic mass is 10.2. The third kappa shape index (κ3) is 6.77. The fourth-order valence-electron chi connectivity index (χ4n) is 2.23. The van der Waals surface area contributed by atoms with Crippen molar-refractivity contribution < 1.29 is 31.5 Å². The third-order valence-electron chi connectivity index (χ3n) is 3.77. The van der Waals surface area contributed by atoms with Crippen LogP contribution in [-0.4, -0.2) is 40.2 Å². The highest BCUT2D eigenvalue weighted by Gasteiger charge is 2.17. The van der Waals surface area contributed by atoms with Crippen LogP contribution in [0.3, 0.4) is 0 Å². The maximum absolute atomic E-state index is 13.3. The molecule has 158 valence electrons. The summed E-state index contributed by atoms with van der Waals surface area (Å²) in [5, 5.41) is 2.64. The number of hydrogen-bond donors (Lipinski definition) is 2. The molecular weight excluding hydrogens is 406 g/mol. The Balaban J connectivity index is 1.95. The second kappa shape index (κ2) is 10.3. The van der Waals surface area contributed by atoms with Gasteiger partial charge in [-0.15, -0.1) is 0 Å². The van der Waals surface area contributed by atoms with E-state index in [0.717, 1.165) is 12.1 Å². The van der Waals surface area contributed by atoms with Gasteiger partial charge in [0.1, 0.15) is 6.10 Å². The molecule has 29 heavy (non-hydrogen) atoms. The summed E-state index contributed by atoms with van der Waals surface area (Å²) in [7, 11) is -4.09. The van der Waals surface area contributed by atoms with Gasteiger partial charge in [-0.3, -0.25) is 9.52 Å². The van der Waals surface area contributed by atoms with E-state index in [4.69, 9.17) is 9.47 Å². The standard InChI is InChI=1S/C19H22F2N2O5S/c1-3-27-10-11-28-13(2)19(24)22-14-4-6-15(7-5-14)23-29(25,26)16-8-9-17(20)18(21)12-16/h4-9,12-13,23H,3,10-11H2,1-2H3,(H,22,24). The average Bonchev–Trinajstić information content (AvgIpc) is 2.68. The molecule has 0 aliphatic carbocycles. The Morgan fingerprint density at radius 3 is 2.31 bits per heavy atom. The Bertz CT molecular complexity index is 936. The van der Waals surface area contributed by atoms with Gasteiger partial charge in [0.15, 0.2) is 11.6 Å². The summed E-state index contributed by atoms with van der Waals surface area (Å²) in [6, 6.07) is 8.13. The van der Waals surface area contributed by atoms with E-state index in [-0.39, 0.29) is 18.2 Å². The summed E-state index contributed by atoms with van der Waals surface area (Å²) in [6.45, 7) is 4.70. The topological polar surface area (TPSA) is 93.7 Å². The highest BCUT2D eigenvalue weighted by molar-refractivity contribution is 7.92. The fraction of sp³-hybridized carbons (Fsp3) is 0.316. The van der Waals surface area contributed by atoms with E-state index in [1.807, 2.05) is 6.92 Å². The lowest BCUT2D eigenvalue weighted by Gasteiger charge is -2.14.